The molecule has 1 fully saturated rings. The van der Waals surface area contributed by atoms with Gasteiger partial charge in [-0.25, -0.2) is 0 Å². The third-order valence-electron chi connectivity index (χ3n) is 5.53. The standard InChI is InChI=1S/C23H26N2O2S/c26-22(24-18-11-5-2-6-12-18)16-25-19-13-7-8-14-20(19)28-21(15-23(25)27)17-9-3-1-4-10-17/h1,3-4,7-10,13-14,18,21H,2,5-6,11-12,15-16H2,(H,24,26)/t21-/m0/s1. The SMILES string of the molecule is O=C(CN1C(=O)C[C@@H](c2ccccc2)Sc2ccccc21)NC1CCCCC1. The number of amides is 2. The van der Waals surface area contributed by atoms with Crippen LogP contribution in [0.4, 0.5) is 5.69 Å². The lowest BCUT2D eigenvalue weighted by Crippen LogP contribution is -2.45. The van der Waals surface area contributed by atoms with Crippen LogP contribution in [0.25, 0.3) is 0 Å². The molecule has 0 aromatic heterocycles. The predicted molar refractivity (Wildman–Crippen MR) is 113 cm³/mol. The monoisotopic (exact) mass is 394 g/mol. The Morgan fingerprint density at radius 2 is 1.71 bits per heavy atom. The van der Waals surface area contributed by atoms with Gasteiger partial charge in [-0.15, -0.1) is 11.8 Å². The van der Waals surface area contributed by atoms with Gasteiger partial charge in [-0.2, -0.15) is 0 Å². The lowest BCUT2D eigenvalue weighted by Gasteiger charge is -2.26. The first-order valence-electron chi connectivity index (χ1n) is 10.1. The third-order valence-corrected chi connectivity index (χ3v) is 6.85. The molecule has 2 aromatic rings. The summed E-state index contributed by atoms with van der Waals surface area (Å²) in [6.07, 6.45) is 6.07. The molecule has 146 valence electrons. The summed E-state index contributed by atoms with van der Waals surface area (Å²) in [4.78, 5) is 28.5. The summed E-state index contributed by atoms with van der Waals surface area (Å²) in [5, 5.41) is 3.20. The highest BCUT2D eigenvalue weighted by molar-refractivity contribution is 7.99. The van der Waals surface area contributed by atoms with E-state index < -0.39 is 0 Å². The number of carbonyl (C=O) groups is 2. The maximum Gasteiger partial charge on any atom is 0.240 e. The fourth-order valence-electron chi connectivity index (χ4n) is 4.07. The van der Waals surface area contributed by atoms with Gasteiger partial charge in [-0.1, -0.05) is 61.7 Å². The summed E-state index contributed by atoms with van der Waals surface area (Å²) in [7, 11) is 0. The van der Waals surface area contributed by atoms with Crippen molar-refractivity contribution >= 4 is 29.3 Å². The Bertz CT molecular complexity index is 834. The highest BCUT2D eigenvalue weighted by Gasteiger charge is 2.30. The summed E-state index contributed by atoms with van der Waals surface area (Å²) < 4.78 is 0. The van der Waals surface area contributed by atoms with Gasteiger partial charge in [0, 0.05) is 22.6 Å². The number of fused-ring (bicyclic) bond motifs is 1. The fourth-order valence-corrected chi connectivity index (χ4v) is 5.35. The second-order valence-electron chi connectivity index (χ2n) is 7.57. The molecule has 0 unspecified atom stereocenters. The molecule has 1 N–H and O–H groups in total. The zero-order valence-corrected chi connectivity index (χ0v) is 16.8. The molecule has 5 heteroatoms. The van der Waals surface area contributed by atoms with Crippen LogP contribution >= 0.6 is 11.8 Å². The smallest absolute Gasteiger partial charge is 0.240 e. The molecule has 1 atom stereocenters. The number of rotatable bonds is 4. The second kappa shape index (κ2) is 8.82. The summed E-state index contributed by atoms with van der Waals surface area (Å²) in [5.74, 6) is -0.0525. The van der Waals surface area contributed by atoms with Crippen LogP contribution < -0.4 is 10.2 Å². The maximum absolute atomic E-state index is 13.1. The van der Waals surface area contributed by atoms with Crippen LogP contribution in [0.3, 0.4) is 0 Å². The Balaban J connectivity index is 1.54. The molecule has 0 radical (unpaired) electrons. The van der Waals surface area contributed by atoms with Crippen molar-refractivity contribution in [2.24, 2.45) is 0 Å². The Kier molecular flexibility index (Phi) is 6.01. The van der Waals surface area contributed by atoms with E-state index in [0.29, 0.717) is 6.42 Å². The number of para-hydroxylation sites is 1. The van der Waals surface area contributed by atoms with Gasteiger partial charge in [0.25, 0.3) is 0 Å². The summed E-state index contributed by atoms with van der Waals surface area (Å²) >= 11 is 1.71. The molecule has 0 spiro atoms. The van der Waals surface area contributed by atoms with Crippen molar-refractivity contribution in [1.82, 2.24) is 5.32 Å². The molecular weight excluding hydrogens is 368 g/mol. The van der Waals surface area contributed by atoms with Crippen LogP contribution in [0.1, 0.15) is 49.3 Å². The molecule has 1 aliphatic heterocycles. The Labute approximate surface area is 170 Å². The molecule has 0 bridgehead atoms. The first-order chi connectivity index (χ1) is 13.7. The lowest BCUT2D eigenvalue weighted by molar-refractivity contribution is -0.124. The van der Waals surface area contributed by atoms with Crippen LogP contribution in [-0.2, 0) is 9.59 Å². The fraction of sp³-hybridized carbons (Fsp3) is 0.391. The van der Waals surface area contributed by atoms with Gasteiger partial charge in [-0.05, 0) is 30.5 Å². The molecule has 4 rings (SSSR count). The van der Waals surface area contributed by atoms with Gasteiger partial charge in [0.1, 0.15) is 6.54 Å². The van der Waals surface area contributed by atoms with E-state index in [4.69, 9.17) is 0 Å². The van der Waals surface area contributed by atoms with Crippen LogP contribution in [0.5, 0.6) is 0 Å². The minimum atomic E-state index is -0.0572. The van der Waals surface area contributed by atoms with Gasteiger partial charge in [0.05, 0.1) is 5.69 Å². The van der Waals surface area contributed by atoms with Crippen molar-refractivity contribution < 1.29 is 9.59 Å². The number of hydrogen-bond donors (Lipinski definition) is 1. The Hall–Kier alpha value is -2.27. The molecule has 1 heterocycles. The molecular formula is C23H26N2O2S. The first-order valence-corrected chi connectivity index (χ1v) is 11.0. The molecule has 2 amide bonds. The third kappa shape index (κ3) is 4.41. The molecule has 28 heavy (non-hydrogen) atoms. The normalized spacial score (nSPS) is 20.4. The van der Waals surface area contributed by atoms with Crippen molar-refractivity contribution in [3.63, 3.8) is 0 Å². The zero-order chi connectivity index (χ0) is 19.3. The average Bonchev–Trinajstić information content (AvgIpc) is 2.86. The first kappa shape index (κ1) is 19.1. The van der Waals surface area contributed by atoms with Crippen molar-refractivity contribution in [3.8, 4) is 0 Å². The van der Waals surface area contributed by atoms with Crippen molar-refractivity contribution in [2.45, 2.75) is 54.7 Å². The number of nitrogens with zero attached hydrogens (tertiary/aromatic N) is 1. The van der Waals surface area contributed by atoms with Crippen LogP contribution in [0.2, 0.25) is 0 Å². The highest BCUT2D eigenvalue weighted by Crippen LogP contribution is 2.45. The van der Waals surface area contributed by atoms with Gasteiger partial charge < -0.3 is 10.2 Å². The Morgan fingerprint density at radius 3 is 2.50 bits per heavy atom. The lowest BCUT2D eigenvalue weighted by atomic mass is 9.95. The Morgan fingerprint density at radius 1 is 1.00 bits per heavy atom. The quantitative estimate of drug-likeness (QED) is 0.817. The molecule has 0 saturated heterocycles. The second-order valence-corrected chi connectivity index (χ2v) is 8.82. The topological polar surface area (TPSA) is 49.4 Å². The van der Waals surface area contributed by atoms with Gasteiger partial charge in [-0.3, -0.25) is 9.59 Å². The largest absolute Gasteiger partial charge is 0.352 e. The van der Waals surface area contributed by atoms with Gasteiger partial charge in [0.2, 0.25) is 11.8 Å². The molecule has 1 saturated carbocycles. The zero-order valence-electron chi connectivity index (χ0n) is 16.0. The van der Waals surface area contributed by atoms with E-state index in [0.717, 1.165) is 29.0 Å². The van der Waals surface area contributed by atoms with E-state index in [1.165, 1.54) is 19.3 Å². The van der Waals surface area contributed by atoms with E-state index >= 15 is 0 Å². The summed E-state index contributed by atoms with van der Waals surface area (Å²) in [6.45, 7) is 0.0917. The molecule has 1 aliphatic carbocycles. The molecule has 4 nitrogen and oxygen atoms in total. The average molecular weight is 395 g/mol. The summed E-state index contributed by atoms with van der Waals surface area (Å²) in [5.41, 5.74) is 1.99. The minimum Gasteiger partial charge on any atom is -0.352 e. The van der Waals surface area contributed by atoms with Crippen molar-refractivity contribution in [1.29, 1.82) is 0 Å². The van der Waals surface area contributed by atoms with Crippen molar-refractivity contribution in [2.75, 3.05) is 11.4 Å². The van der Waals surface area contributed by atoms with Crippen LogP contribution in [-0.4, -0.2) is 24.4 Å². The highest BCUT2D eigenvalue weighted by atomic mass is 32.2. The number of benzene rings is 2. The summed E-state index contributed by atoms with van der Waals surface area (Å²) in [6, 6.07) is 18.3. The minimum absolute atomic E-state index is 0.00472. The number of carbonyl (C=O) groups excluding carboxylic acids is 2. The number of hydrogen-bond acceptors (Lipinski definition) is 3. The molecule has 2 aromatic carbocycles. The number of nitrogens with one attached hydrogen (secondary N) is 1. The van der Waals surface area contributed by atoms with E-state index in [1.807, 2.05) is 42.5 Å². The van der Waals surface area contributed by atoms with Gasteiger partial charge in [0.15, 0.2) is 0 Å². The van der Waals surface area contributed by atoms with E-state index in [9.17, 15) is 9.59 Å². The number of thioether (sulfide) groups is 1. The number of anilines is 1. The van der Waals surface area contributed by atoms with Crippen LogP contribution in [0, 0.1) is 0 Å². The van der Waals surface area contributed by atoms with Crippen LogP contribution in [0.15, 0.2) is 59.5 Å². The van der Waals surface area contributed by atoms with E-state index in [1.54, 1.807) is 16.7 Å². The van der Waals surface area contributed by atoms with E-state index in [-0.39, 0.29) is 29.7 Å². The van der Waals surface area contributed by atoms with Crippen molar-refractivity contribution in [3.05, 3.63) is 60.2 Å². The predicted octanol–water partition coefficient (Wildman–Crippen LogP) is 4.71. The van der Waals surface area contributed by atoms with Gasteiger partial charge >= 0.3 is 0 Å². The maximum atomic E-state index is 13.1. The molecule has 2 aliphatic rings. The van der Waals surface area contributed by atoms with E-state index in [2.05, 4.69) is 17.4 Å².